The zero-order valence-corrected chi connectivity index (χ0v) is 11.2. The maximum absolute atomic E-state index is 12.7. The van der Waals surface area contributed by atoms with E-state index in [1.54, 1.807) is 19.1 Å². The van der Waals surface area contributed by atoms with Crippen LogP contribution in [-0.2, 0) is 0 Å². The third kappa shape index (κ3) is 2.92. The van der Waals surface area contributed by atoms with Crippen LogP contribution in [0.5, 0.6) is 0 Å². The number of rotatable bonds is 2. The standard InChI is InChI=1S/C13H10BrFN2O/c1-8-11(6-7-12(14)16-8)17-13(18)9-2-4-10(15)5-3-9/h2-7H,1H3,(H,17,18). The summed E-state index contributed by atoms with van der Waals surface area (Å²) < 4.78 is 13.4. The molecule has 0 radical (unpaired) electrons. The molecule has 3 nitrogen and oxygen atoms in total. The van der Waals surface area contributed by atoms with Crippen LogP contribution in [0.25, 0.3) is 0 Å². The van der Waals surface area contributed by atoms with Crippen LogP contribution in [0.2, 0.25) is 0 Å². The molecular weight excluding hydrogens is 299 g/mol. The van der Waals surface area contributed by atoms with Gasteiger partial charge in [-0.3, -0.25) is 4.79 Å². The highest BCUT2D eigenvalue weighted by Crippen LogP contribution is 2.17. The predicted octanol–water partition coefficient (Wildman–Crippen LogP) is 3.54. The lowest BCUT2D eigenvalue weighted by atomic mass is 10.2. The van der Waals surface area contributed by atoms with Crippen LogP contribution in [0.15, 0.2) is 41.0 Å². The first-order chi connectivity index (χ1) is 8.56. The molecule has 1 heterocycles. The number of anilines is 1. The molecule has 0 saturated carbocycles. The first kappa shape index (κ1) is 12.7. The van der Waals surface area contributed by atoms with Crippen LogP contribution in [-0.4, -0.2) is 10.9 Å². The smallest absolute Gasteiger partial charge is 0.255 e. The summed E-state index contributed by atoms with van der Waals surface area (Å²) in [6.07, 6.45) is 0. The minimum absolute atomic E-state index is 0.290. The fraction of sp³-hybridized carbons (Fsp3) is 0.0769. The summed E-state index contributed by atoms with van der Waals surface area (Å²) in [5, 5.41) is 2.73. The first-order valence-corrected chi connectivity index (χ1v) is 6.05. The first-order valence-electron chi connectivity index (χ1n) is 5.26. The number of hydrogen-bond acceptors (Lipinski definition) is 2. The van der Waals surface area contributed by atoms with E-state index < -0.39 is 0 Å². The third-order valence-corrected chi connectivity index (χ3v) is 2.85. The van der Waals surface area contributed by atoms with Crippen LogP contribution < -0.4 is 5.32 Å². The van der Waals surface area contributed by atoms with Gasteiger partial charge in [0.25, 0.3) is 5.91 Å². The van der Waals surface area contributed by atoms with Crippen molar-refractivity contribution < 1.29 is 9.18 Å². The Kier molecular flexibility index (Phi) is 3.72. The van der Waals surface area contributed by atoms with Gasteiger partial charge in [-0.1, -0.05) is 0 Å². The zero-order valence-electron chi connectivity index (χ0n) is 9.58. The number of nitrogens with one attached hydrogen (secondary N) is 1. The van der Waals surface area contributed by atoms with Crippen molar-refractivity contribution in [1.82, 2.24) is 4.98 Å². The van der Waals surface area contributed by atoms with Gasteiger partial charge >= 0.3 is 0 Å². The summed E-state index contributed by atoms with van der Waals surface area (Å²) in [5.74, 6) is -0.657. The van der Waals surface area contributed by atoms with E-state index in [4.69, 9.17) is 0 Å². The molecule has 0 unspecified atom stereocenters. The molecule has 0 aliphatic carbocycles. The Morgan fingerprint density at radius 1 is 1.22 bits per heavy atom. The number of halogens is 2. The Morgan fingerprint density at radius 3 is 2.50 bits per heavy atom. The molecule has 0 fully saturated rings. The van der Waals surface area contributed by atoms with Crippen LogP contribution >= 0.6 is 15.9 Å². The van der Waals surface area contributed by atoms with E-state index in [0.717, 1.165) is 0 Å². The lowest BCUT2D eigenvalue weighted by molar-refractivity contribution is 0.102. The number of benzene rings is 1. The largest absolute Gasteiger partial charge is 0.320 e. The molecule has 1 N–H and O–H groups in total. The second kappa shape index (κ2) is 5.27. The van der Waals surface area contributed by atoms with Crippen molar-refractivity contribution in [2.45, 2.75) is 6.92 Å². The lowest BCUT2D eigenvalue weighted by Crippen LogP contribution is -2.13. The van der Waals surface area contributed by atoms with Crippen LogP contribution in [0.1, 0.15) is 16.1 Å². The molecule has 2 aromatic rings. The van der Waals surface area contributed by atoms with Crippen molar-refractivity contribution in [2.75, 3.05) is 5.32 Å². The topological polar surface area (TPSA) is 42.0 Å². The van der Waals surface area contributed by atoms with Crippen molar-refractivity contribution in [3.05, 3.63) is 58.1 Å². The van der Waals surface area contributed by atoms with Gasteiger partial charge in [-0.15, -0.1) is 0 Å². The maximum atomic E-state index is 12.7. The Bertz CT molecular complexity index is 584. The summed E-state index contributed by atoms with van der Waals surface area (Å²) in [6, 6.07) is 8.88. The number of carbonyl (C=O) groups excluding carboxylic acids is 1. The molecular formula is C13H10BrFN2O. The SMILES string of the molecule is Cc1nc(Br)ccc1NC(=O)c1ccc(F)cc1. The van der Waals surface area contributed by atoms with Gasteiger partial charge in [0.1, 0.15) is 10.4 Å². The molecule has 0 aliphatic rings. The number of nitrogens with zero attached hydrogens (tertiary/aromatic N) is 1. The third-order valence-electron chi connectivity index (χ3n) is 2.41. The normalized spacial score (nSPS) is 10.2. The molecule has 1 aromatic heterocycles. The highest BCUT2D eigenvalue weighted by molar-refractivity contribution is 9.10. The van der Waals surface area contributed by atoms with Gasteiger partial charge in [0.05, 0.1) is 11.4 Å². The maximum Gasteiger partial charge on any atom is 0.255 e. The molecule has 2 rings (SSSR count). The molecule has 5 heteroatoms. The number of amides is 1. The van der Waals surface area contributed by atoms with Crippen LogP contribution in [0, 0.1) is 12.7 Å². The average molecular weight is 309 g/mol. The molecule has 18 heavy (non-hydrogen) atoms. The Morgan fingerprint density at radius 2 is 1.89 bits per heavy atom. The molecule has 0 bridgehead atoms. The number of carbonyl (C=O) groups is 1. The minimum Gasteiger partial charge on any atom is -0.320 e. The highest BCUT2D eigenvalue weighted by atomic mass is 79.9. The Labute approximate surface area is 112 Å². The van der Waals surface area contributed by atoms with Gasteiger partial charge in [-0.25, -0.2) is 9.37 Å². The minimum atomic E-state index is -0.368. The summed E-state index contributed by atoms with van der Waals surface area (Å²) in [6.45, 7) is 1.80. The van der Waals surface area contributed by atoms with Gasteiger partial charge < -0.3 is 5.32 Å². The van der Waals surface area contributed by atoms with E-state index in [1.807, 2.05) is 0 Å². The second-order valence-corrected chi connectivity index (χ2v) is 4.54. The molecule has 0 saturated heterocycles. The summed E-state index contributed by atoms with van der Waals surface area (Å²) in [5.41, 5.74) is 1.74. The van der Waals surface area contributed by atoms with Crippen LogP contribution in [0.3, 0.4) is 0 Å². The molecule has 0 aliphatic heterocycles. The van der Waals surface area contributed by atoms with Crippen LogP contribution in [0.4, 0.5) is 10.1 Å². The van der Waals surface area contributed by atoms with Gasteiger partial charge in [-0.05, 0) is 59.3 Å². The van der Waals surface area contributed by atoms with Crippen molar-refractivity contribution >= 4 is 27.5 Å². The number of aryl methyl sites for hydroxylation is 1. The lowest BCUT2D eigenvalue weighted by Gasteiger charge is -2.07. The fourth-order valence-corrected chi connectivity index (χ4v) is 1.86. The second-order valence-electron chi connectivity index (χ2n) is 3.73. The summed E-state index contributed by atoms with van der Waals surface area (Å²) in [4.78, 5) is 16.1. The van der Waals surface area contributed by atoms with Crippen molar-refractivity contribution in [3.63, 3.8) is 0 Å². The monoisotopic (exact) mass is 308 g/mol. The van der Waals surface area contributed by atoms with E-state index in [9.17, 15) is 9.18 Å². The highest BCUT2D eigenvalue weighted by Gasteiger charge is 2.08. The van der Waals surface area contributed by atoms with E-state index in [-0.39, 0.29) is 11.7 Å². The molecule has 1 amide bonds. The fourth-order valence-electron chi connectivity index (χ4n) is 1.46. The number of hydrogen-bond donors (Lipinski definition) is 1. The van der Waals surface area contributed by atoms with E-state index in [2.05, 4.69) is 26.2 Å². The van der Waals surface area contributed by atoms with Gasteiger partial charge in [0.2, 0.25) is 0 Å². The average Bonchev–Trinajstić information content (AvgIpc) is 2.33. The molecule has 1 aromatic carbocycles. The Hall–Kier alpha value is -1.75. The summed E-state index contributed by atoms with van der Waals surface area (Å²) >= 11 is 3.25. The van der Waals surface area contributed by atoms with Gasteiger partial charge in [-0.2, -0.15) is 0 Å². The summed E-state index contributed by atoms with van der Waals surface area (Å²) in [7, 11) is 0. The zero-order chi connectivity index (χ0) is 13.1. The van der Waals surface area contributed by atoms with Gasteiger partial charge in [0.15, 0.2) is 0 Å². The Balaban J connectivity index is 2.18. The quantitative estimate of drug-likeness (QED) is 0.862. The van der Waals surface area contributed by atoms with E-state index >= 15 is 0 Å². The molecule has 92 valence electrons. The van der Waals surface area contributed by atoms with E-state index in [1.165, 1.54) is 24.3 Å². The molecule has 0 atom stereocenters. The van der Waals surface area contributed by atoms with Crippen molar-refractivity contribution in [1.29, 1.82) is 0 Å². The van der Waals surface area contributed by atoms with Crippen molar-refractivity contribution in [3.8, 4) is 0 Å². The number of aromatic nitrogens is 1. The predicted molar refractivity (Wildman–Crippen MR) is 71.0 cm³/mol. The van der Waals surface area contributed by atoms with Gasteiger partial charge in [0, 0.05) is 5.56 Å². The van der Waals surface area contributed by atoms with Crippen molar-refractivity contribution in [2.24, 2.45) is 0 Å². The van der Waals surface area contributed by atoms with E-state index in [0.29, 0.717) is 21.5 Å². The number of pyridine rings is 1. The molecule has 0 spiro atoms.